The molecule has 716 valence electrons. The zero-order chi connectivity index (χ0) is 102. The van der Waals surface area contributed by atoms with E-state index in [0.717, 1.165) is 101 Å². The number of esters is 6. The van der Waals surface area contributed by atoms with Gasteiger partial charge in [0.2, 0.25) is 11.4 Å². The summed E-state index contributed by atoms with van der Waals surface area (Å²) in [6, 6.07) is 50.8. The highest BCUT2D eigenvalue weighted by Crippen LogP contribution is 2.25. The zero-order valence-corrected chi connectivity index (χ0v) is 81.7. The lowest BCUT2D eigenvalue weighted by Gasteiger charge is -2.06. The molecule has 0 radical (unpaired) electrons. The third-order valence-electron chi connectivity index (χ3n) is 19.6. The van der Waals surface area contributed by atoms with Crippen LogP contribution in [0.5, 0.6) is 0 Å². The summed E-state index contributed by atoms with van der Waals surface area (Å²) < 4.78 is 29.1. The molecule has 8 heterocycles. The van der Waals surface area contributed by atoms with Crippen LogP contribution in [0.1, 0.15) is 198 Å². The molecule has 0 saturated carbocycles. The molecule has 17 aromatic rings. The predicted molar refractivity (Wildman–Crippen MR) is 535 cm³/mol. The highest BCUT2D eigenvalue weighted by Gasteiger charge is 2.22. The van der Waals surface area contributed by atoms with Crippen molar-refractivity contribution >= 4 is 171 Å². The van der Waals surface area contributed by atoms with Crippen LogP contribution in [-0.2, 0) is 28.4 Å². The minimum Gasteiger partial charge on any atom is -0.461 e. The molecule has 36 heteroatoms. The number of ether oxygens (including phenoxy) is 6. The van der Waals surface area contributed by atoms with Crippen LogP contribution >= 0.6 is 23.2 Å². The number of hydrogen-bond acceptors (Lipinski definition) is 32. The van der Waals surface area contributed by atoms with Gasteiger partial charge in [-0.25, -0.2) is 98.5 Å². The fourth-order valence-electron chi connectivity index (χ4n) is 12.8. The smallest absolute Gasteiger partial charge is 0.362 e. The molecule has 17 rings (SSSR count). The summed E-state index contributed by atoms with van der Waals surface area (Å²) in [6.07, 6.45) is 1.48. The van der Waals surface area contributed by atoms with Gasteiger partial charge in [-0.3, -0.25) is 19.2 Å². The molecule has 0 aliphatic carbocycles. The maximum atomic E-state index is 11.7. The number of nitrogens with zero attached hydrogens (tertiary/aromatic N) is 14. The van der Waals surface area contributed by atoms with Crippen molar-refractivity contribution in [2.45, 2.75) is 132 Å². The van der Waals surface area contributed by atoms with Crippen molar-refractivity contribution in [2.75, 3.05) is 51.1 Å². The van der Waals surface area contributed by atoms with E-state index >= 15 is 0 Å². The number of aldehydes is 2. The number of aromatic amines is 2. The number of aryl methyl sites for hydroxylation is 13. The van der Waals surface area contributed by atoms with Crippen LogP contribution in [0.4, 0.5) is 11.4 Å². The molecule has 0 fully saturated rings. The number of benzene rings is 9. The largest absolute Gasteiger partial charge is 0.461 e. The van der Waals surface area contributed by atoms with E-state index in [2.05, 4.69) is 79.7 Å². The minimum absolute atomic E-state index is 0.0601. The van der Waals surface area contributed by atoms with Gasteiger partial charge in [0, 0.05) is 0 Å². The molecule has 139 heavy (non-hydrogen) atoms. The average Bonchev–Trinajstić information content (AvgIpc) is 0.814. The summed E-state index contributed by atoms with van der Waals surface area (Å²) in [4.78, 5) is 178. The van der Waals surface area contributed by atoms with Crippen molar-refractivity contribution in [3.8, 4) is 0 Å². The summed E-state index contributed by atoms with van der Waals surface area (Å²) >= 11 is 11.8. The summed E-state index contributed by atoms with van der Waals surface area (Å²) in [6.45, 7) is 36.8. The number of carbonyl (C=O) groups excluding carboxylic acids is 8. The zero-order valence-electron chi connectivity index (χ0n) is 80.2. The summed E-state index contributed by atoms with van der Waals surface area (Å²) in [5, 5.41) is 0.140. The third-order valence-corrected chi connectivity index (χ3v) is 20.1. The fraction of sp³-hybridized carbons (Fsp3) is 0.243. The van der Waals surface area contributed by atoms with E-state index in [-0.39, 0.29) is 59.5 Å². The standard InChI is InChI=1S/2C13H14N2O2.2C12H11ClN2O2.2C12H12N2O3.2C11H10N2O.C7H10N2/c1-4-17-13(16)12-9(3)14-11-7-8(2)5-6-10(11)15-12;1-4-17-13(16)12-9(3)14-10-6-5-8(2)7-11(10)15-12;1-3-17-12(16)10-11(13)15-8-5-4-7(2)6-9(8)14-10;1-3-17-12(16)10-11(13)15-9-6-7(2)4-5-8(9)14-10;1-3-17-12(16)10-11(15)14-8-5-4-7(2)6-9(8)13-10;1-3-17-12(16)10-11(15)14-9-6-7(2)4-5-8(9)13-10;1-7-3-4-9-10(5-7)12-8(2)11(6-14)13-9;1-7-3-4-9-10(5-7)13-11(6-14)8(2)12-9;1-5-2-3-6(8)7(9)4-5/h2*5-7H,4H2,1-3H3;2*4-6H,3H2,1-2H3;2*4-6H,3H2,1-2H3,(H,14,15);2*3-6H,1-2H3;2-4H,8-9H2,1H3. The fourth-order valence-corrected chi connectivity index (χ4v) is 13.2. The molecular formula is C103H104Cl2N18O16. The van der Waals surface area contributed by atoms with Crippen LogP contribution in [0.3, 0.4) is 0 Å². The van der Waals surface area contributed by atoms with Crippen molar-refractivity contribution in [1.29, 1.82) is 0 Å². The minimum atomic E-state index is -0.698. The van der Waals surface area contributed by atoms with Gasteiger partial charge in [-0.15, -0.1) is 0 Å². The van der Waals surface area contributed by atoms with Crippen molar-refractivity contribution in [2.24, 2.45) is 0 Å². The highest BCUT2D eigenvalue weighted by atomic mass is 35.5. The Morgan fingerprint density at radius 2 is 0.496 bits per heavy atom. The van der Waals surface area contributed by atoms with Gasteiger partial charge in [0.05, 0.1) is 162 Å². The van der Waals surface area contributed by atoms with E-state index < -0.39 is 46.9 Å². The quantitative estimate of drug-likeness (QED) is 0.0340. The topological polar surface area (TPSA) is 490 Å². The second-order valence-electron chi connectivity index (χ2n) is 30.9. The van der Waals surface area contributed by atoms with Crippen LogP contribution < -0.4 is 22.6 Å². The molecule has 8 aromatic heterocycles. The number of aromatic nitrogens is 16. The first kappa shape index (κ1) is 106. The van der Waals surface area contributed by atoms with E-state index in [1.54, 1.807) is 99.6 Å². The Bertz CT molecular complexity index is 7400. The molecule has 0 aliphatic heterocycles. The molecule has 34 nitrogen and oxygen atoms in total. The SMILES string of the molecule is CCOC(=O)c1nc2cc(C)ccc2[nH]c1=O.CCOC(=O)c1nc2cc(C)ccc2nc1C.CCOC(=O)c1nc2cc(C)ccc2nc1Cl.CCOC(=O)c1nc2ccc(C)cc2[nH]c1=O.CCOC(=O)c1nc2ccc(C)cc2nc1C.CCOC(=O)c1nc2ccc(C)cc2nc1Cl.Cc1ccc(N)c(N)c1.Cc1ccc2nc(C)c(C=O)nc2c1.Cc1ccc2nc(C=O)c(C)nc2c1. The van der Waals surface area contributed by atoms with Crippen LogP contribution in [0.15, 0.2) is 173 Å². The maximum Gasteiger partial charge on any atom is 0.362 e. The van der Waals surface area contributed by atoms with Crippen LogP contribution in [0.25, 0.3) is 88.3 Å². The van der Waals surface area contributed by atoms with Crippen molar-refractivity contribution in [1.82, 2.24) is 79.7 Å². The van der Waals surface area contributed by atoms with Gasteiger partial charge in [0.15, 0.2) is 45.7 Å². The van der Waals surface area contributed by atoms with Gasteiger partial charge in [-0.1, -0.05) is 77.8 Å². The first-order valence-corrected chi connectivity index (χ1v) is 44.5. The number of H-pyrrole nitrogens is 2. The monoisotopic (exact) mass is 1920 g/mol. The van der Waals surface area contributed by atoms with E-state index in [9.17, 15) is 47.9 Å². The first-order valence-electron chi connectivity index (χ1n) is 43.7. The van der Waals surface area contributed by atoms with E-state index in [0.29, 0.717) is 120 Å². The van der Waals surface area contributed by atoms with Crippen molar-refractivity contribution in [3.05, 3.63) is 313 Å². The summed E-state index contributed by atoms with van der Waals surface area (Å²) in [7, 11) is 0. The Morgan fingerprint density at radius 3 is 0.885 bits per heavy atom. The highest BCUT2D eigenvalue weighted by molar-refractivity contribution is 6.33. The van der Waals surface area contributed by atoms with Crippen LogP contribution in [0.2, 0.25) is 10.3 Å². The van der Waals surface area contributed by atoms with E-state index in [4.69, 9.17) is 63.1 Å². The number of carbonyl (C=O) groups is 8. The van der Waals surface area contributed by atoms with Gasteiger partial charge in [0.25, 0.3) is 11.1 Å². The van der Waals surface area contributed by atoms with Crippen LogP contribution in [-0.4, -0.2) is 168 Å². The Morgan fingerprint density at radius 1 is 0.259 bits per heavy atom. The van der Waals surface area contributed by atoms with Crippen molar-refractivity contribution < 1.29 is 66.8 Å². The number of halogens is 2. The van der Waals surface area contributed by atoms with Gasteiger partial charge in [0.1, 0.15) is 11.4 Å². The Hall–Kier alpha value is -16.4. The van der Waals surface area contributed by atoms with Gasteiger partial charge in [-0.05, 0) is 291 Å². The Kier molecular flexibility index (Phi) is 38.5. The van der Waals surface area contributed by atoms with E-state index in [1.165, 1.54) is 0 Å². The number of anilines is 2. The number of nitrogen functional groups attached to an aromatic ring is 2. The molecular weight excluding hydrogens is 1820 g/mol. The van der Waals surface area contributed by atoms with E-state index in [1.807, 2.05) is 196 Å². The van der Waals surface area contributed by atoms with Crippen LogP contribution in [0, 0.1) is 90.0 Å². The number of hydrogen-bond donors (Lipinski definition) is 4. The molecule has 0 saturated heterocycles. The molecule has 6 N–H and O–H groups in total. The van der Waals surface area contributed by atoms with Gasteiger partial charge >= 0.3 is 35.8 Å². The normalized spacial score (nSPS) is 10.4. The summed E-state index contributed by atoms with van der Waals surface area (Å²) in [5.41, 5.74) is 35.9. The Balaban J connectivity index is 0.000000176. The number of nitrogens with one attached hydrogen (secondary N) is 2. The second kappa shape index (κ2) is 50.3. The lowest BCUT2D eigenvalue weighted by Crippen LogP contribution is -2.22. The molecule has 0 atom stereocenters. The molecule has 9 aromatic carbocycles. The molecule has 0 amide bonds. The van der Waals surface area contributed by atoms with Crippen molar-refractivity contribution in [3.63, 3.8) is 0 Å². The average molecular weight is 1920 g/mol. The molecule has 0 unspecified atom stereocenters. The third kappa shape index (κ3) is 29.6. The maximum absolute atomic E-state index is 11.7. The lowest BCUT2D eigenvalue weighted by atomic mass is 10.2. The Labute approximate surface area is 809 Å². The van der Waals surface area contributed by atoms with Gasteiger partial charge in [-0.2, -0.15) is 0 Å². The molecule has 0 bridgehead atoms. The molecule has 0 aliphatic rings. The second-order valence-corrected chi connectivity index (χ2v) is 31.7. The first-order chi connectivity index (χ1) is 66.3. The number of rotatable bonds is 14. The number of fused-ring (bicyclic) bond motifs is 8. The lowest BCUT2D eigenvalue weighted by molar-refractivity contribution is 0.0508. The predicted octanol–water partition coefficient (Wildman–Crippen LogP) is 18.5. The molecule has 0 spiro atoms. The number of nitrogens with two attached hydrogens (primary N) is 2. The van der Waals surface area contributed by atoms with Gasteiger partial charge < -0.3 is 49.9 Å². The summed E-state index contributed by atoms with van der Waals surface area (Å²) in [5.74, 6) is -3.32.